The van der Waals surface area contributed by atoms with Gasteiger partial charge in [-0.1, -0.05) is 0 Å². The van der Waals surface area contributed by atoms with E-state index in [4.69, 9.17) is 9.15 Å². The second kappa shape index (κ2) is 6.71. The zero-order chi connectivity index (χ0) is 20.0. The van der Waals surface area contributed by atoms with Gasteiger partial charge < -0.3 is 19.0 Å². The van der Waals surface area contributed by atoms with Crippen LogP contribution in [-0.4, -0.2) is 76.1 Å². The Morgan fingerprint density at radius 2 is 2.00 bits per heavy atom. The van der Waals surface area contributed by atoms with Crippen molar-refractivity contribution in [2.75, 3.05) is 37.6 Å². The smallest absolute Gasteiger partial charge is 0.410 e. The second-order valence-electron chi connectivity index (χ2n) is 7.58. The molecule has 2 aromatic rings. The summed E-state index contributed by atoms with van der Waals surface area (Å²) in [5.74, 6) is 0.286. The van der Waals surface area contributed by atoms with E-state index < -0.39 is 5.60 Å². The highest BCUT2D eigenvalue weighted by atomic mass is 19.1. The number of fused-ring (bicyclic) bond motifs is 2. The molecule has 0 N–H and O–H groups in total. The first-order chi connectivity index (χ1) is 14.1. The van der Waals surface area contributed by atoms with E-state index in [9.17, 15) is 14.0 Å². The zero-order valence-corrected chi connectivity index (χ0v) is 15.7. The van der Waals surface area contributed by atoms with Gasteiger partial charge in [-0.2, -0.15) is 0 Å². The van der Waals surface area contributed by atoms with Crippen LogP contribution in [-0.2, 0) is 4.74 Å². The van der Waals surface area contributed by atoms with Gasteiger partial charge in [-0.15, -0.1) is 0 Å². The number of anilines is 1. The van der Waals surface area contributed by atoms with E-state index in [0.29, 0.717) is 51.4 Å². The Morgan fingerprint density at radius 1 is 1.17 bits per heavy atom. The first-order valence-corrected chi connectivity index (χ1v) is 9.60. The topological polar surface area (TPSA) is 92.0 Å². The molecule has 1 unspecified atom stereocenters. The molecule has 3 aliphatic rings. The Bertz CT molecular complexity index is 911. The maximum Gasteiger partial charge on any atom is 0.410 e. The lowest BCUT2D eigenvalue weighted by molar-refractivity contribution is -0.00370. The van der Waals surface area contributed by atoms with Crippen molar-refractivity contribution < 1.29 is 23.1 Å². The van der Waals surface area contributed by atoms with Crippen LogP contribution in [0.5, 0.6) is 0 Å². The molecule has 0 aliphatic carbocycles. The minimum Gasteiger partial charge on any atom is -0.440 e. The quantitative estimate of drug-likeness (QED) is 0.753. The summed E-state index contributed by atoms with van der Waals surface area (Å²) in [7, 11) is 0. The number of ether oxygens (including phenoxy) is 1. The standard InChI is InChI=1S/C19H20FN5O4/c20-13-1-2-16(22-9-13)23-5-3-19(4-6-23)15-11-24(7-8-25(15)18(27)29-19)17(26)14-10-21-12-28-14/h1-2,9-10,12,15H,3-8,11H2. The highest BCUT2D eigenvalue weighted by Crippen LogP contribution is 2.41. The van der Waals surface area contributed by atoms with Crippen molar-refractivity contribution in [2.45, 2.75) is 24.5 Å². The van der Waals surface area contributed by atoms with Crippen LogP contribution in [0.1, 0.15) is 23.4 Å². The Kier molecular flexibility index (Phi) is 4.14. The minimum atomic E-state index is -0.645. The molecule has 2 aromatic heterocycles. The van der Waals surface area contributed by atoms with Gasteiger partial charge in [0.05, 0.1) is 18.4 Å². The molecule has 29 heavy (non-hydrogen) atoms. The van der Waals surface area contributed by atoms with Crippen molar-refractivity contribution in [1.82, 2.24) is 19.8 Å². The van der Waals surface area contributed by atoms with E-state index >= 15 is 0 Å². The van der Waals surface area contributed by atoms with Crippen LogP contribution < -0.4 is 4.90 Å². The number of oxazole rings is 1. The van der Waals surface area contributed by atoms with Crippen molar-refractivity contribution in [3.63, 3.8) is 0 Å². The SMILES string of the molecule is O=C(c1cnco1)N1CCN2C(=O)OC3(CCN(c4ccc(F)cn4)CC3)C2C1. The molecule has 3 fully saturated rings. The molecular weight excluding hydrogens is 381 g/mol. The van der Waals surface area contributed by atoms with Crippen LogP contribution >= 0.6 is 0 Å². The number of piperidine rings is 1. The lowest BCUT2D eigenvalue weighted by Gasteiger charge is -2.45. The molecule has 2 amide bonds. The minimum absolute atomic E-state index is 0.190. The second-order valence-corrected chi connectivity index (χ2v) is 7.58. The van der Waals surface area contributed by atoms with Gasteiger partial charge in [0, 0.05) is 45.6 Å². The molecular formula is C19H20FN5O4. The Hall–Kier alpha value is -3.17. The van der Waals surface area contributed by atoms with Crippen molar-refractivity contribution >= 4 is 17.8 Å². The molecule has 9 nitrogen and oxygen atoms in total. The molecule has 5 rings (SSSR count). The normalized spacial score (nSPS) is 23.3. The molecule has 1 atom stereocenters. The molecule has 1 spiro atoms. The highest BCUT2D eigenvalue weighted by Gasteiger charge is 2.57. The van der Waals surface area contributed by atoms with Crippen LogP contribution in [0.4, 0.5) is 15.0 Å². The summed E-state index contributed by atoms with van der Waals surface area (Å²) < 4.78 is 24.1. The number of carbonyl (C=O) groups is 2. The largest absolute Gasteiger partial charge is 0.440 e. The number of halogens is 1. The first kappa shape index (κ1) is 17.9. The third-order valence-corrected chi connectivity index (χ3v) is 6.09. The van der Waals surface area contributed by atoms with Crippen LogP contribution in [0.25, 0.3) is 0 Å². The molecule has 152 valence electrons. The molecule has 3 aliphatic heterocycles. The van der Waals surface area contributed by atoms with Crippen molar-refractivity contribution in [1.29, 1.82) is 0 Å². The molecule has 0 radical (unpaired) electrons. The first-order valence-electron chi connectivity index (χ1n) is 9.60. The van der Waals surface area contributed by atoms with E-state index in [1.165, 1.54) is 24.9 Å². The Morgan fingerprint density at radius 3 is 2.69 bits per heavy atom. The number of rotatable bonds is 2. The fraction of sp³-hybridized carbons (Fsp3) is 0.474. The van der Waals surface area contributed by atoms with Gasteiger partial charge in [0.2, 0.25) is 5.76 Å². The summed E-state index contributed by atoms with van der Waals surface area (Å²) in [6.45, 7) is 2.50. The van der Waals surface area contributed by atoms with E-state index in [2.05, 4.69) is 14.9 Å². The van der Waals surface area contributed by atoms with Gasteiger partial charge in [-0.05, 0) is 12.1 Å². The summed E-state index contributed by atoms with van der Waals surface area (Å²) in [6, 6.07) is 2.83. The van der Waals surface area contributed by atoms with Gasteiger partial charge in [0.15, 0.2) is 6.39 Å². The third-order valence-electron chi connectivity index (χ3n) is 6.09. The number of hydrogen-bond donors (Lipinski definition) is 0. The summed E-state index contributed by atoms with van der Waals surface area (Å²) in [4.78, 5) is 38.6. The van der Waals surface area contributed by atoms with Crippen LogP contribution in [0.3, 0.4) is 0 Å². The Balaban J connectivity index is 1.32. The van der Waals surface area contributed by atoms with Crippen LogP contribution in [0.2, 0.25) is 0 Å². The van der Waals surface area contributed by atoms with E-state index in [1.54, 1.807) is 15.9 Å². The predicted molar refractivity (Wildman–Crippen MR) is 97.8 cm³/mol. The number of piperazine rings is 1. The Labute approximate surface area is 166 Å². The zero-order valence-electron chi connectivity index (χ0n) is 15.7. The third kappa shape index (κ3) is 2.99. The number of nitrogens with zero attached hydrogens (tertiary/aromatic N) is 5. The fourth-order valence-corrected chi connectivity index (χ4v) is 4.52. The van der Waals surface area contributed by atoms with Crippen molar-refractivity contribution in [3.8, 4) is 0 Å². The average molecular weight is 401 g/mol. The maximum absolute atomic E-state index is 13.1. The molecule has 0 bridgehead atoms. The summed E-state index contributed by atoms with van der Waals surface area (Å²) >= 11 is 0. The molecule has 5 heterocycles. The molecule has 0 aromatic carbocycles. The van der Waals surface area contributed by atoms with Gasteiger partial charge in [-0.3, -0.25) is 9.69 Å². The van der Waals surface area contributed by atoms with Crippen molar-refractivity contribution in [2.24, 2.45) is 0 Å². The lowest BCUT2D eigenvalue weighted by atomic mass is 9.83. The maximum atomic E-state index is 13.1. The number of carbonyl (C=O) groups excluding carboxylic acids is 2. The van der Waals surface area contributed by atoms with Gasteiger partial charge in [0.1, 0.15) is 17.2 Å². The van der Waals surface area contributed by atoms with Crippen molar-refractivity contribution in [3.05, 3.63) is 42.5 Å². The summed E-state index contributed by atoms with van der Waals surface area (Å²) in [5, 5.41) is 0. The van der Waals surface area contributed by atoms with Gasteiger partial charge in [0.25, 0.3) is 5.91 Å². The lowest BCUT2D eigenvalue weighted by Crippen LogP contribution is -2.61. The van der Waals surface area contributed by atoms with Gasteiger partial charge in [-0.25, -0.2) is 19.2 Å². The molecule has 0 saturated carbocycles. The summed E-state index contributed by atoms with van der Waals surface area (Å²) in [6.07, 6.45) is 4.73. The highest BCUT2D eigenvalue weighted by molar-refractivity contribution is 5.91. The number of hydrogen-bond acceptors (Lipinski definition) is 7. The number of pyridine rings is 1. The van der Waals surface area contributed by atoms with E-state index in [0.717, 1.165) is 0 Å². The predicted octanol–water partition coefficient (Wildman–Crippen LogP) is 1.52. The number of aromatic nitrogens is 2. The fourth-order valence-electron chi connectivity index (χ4n) is 4.52. The molecule has 3 saturated heterocycles. The number of amides is 2. The summed E-state index contributed by atoms with van der Waals surface area (Å²) in [5.41, 5.74) is -0.645. The average Bonchev–Trinajstić information content (AvgIpc) is 3.36. The monoisotopic (exact) mass is 401 g/mol. The van der Waals surface area contributed by atoms with E-state index in [-0.39, 0.29) is 29.6 Å². The van der Waals surface area contributed by atoms with E-state index in [1.807, 2.05) is 0 Å². The van der Waals surface area contributed by atoms with Crippen LogP contribution in [0.15, 0.2) is 35.3 Å². The van der Waals surface area contributed by atoms with Gasteiger partial charge >= 0.3 is 6.09 Å². The molecule has 10 heteroatoms. The van der Waals surface area contributed by atoms with Crippen LogP contribution in [0, 0.1) is 5.82 Å².